The predicted molar refractivity (Wildman–Crippen MR) is 70.1 cm³/mol. The van der Waals surface area contributed by atoms with E-state index in [1.165, 1.54) is 0 Å². The van der Waals surface area contributed by atoms with Gasteiger partial charge in [-0.2, -0.15) is 4.98 Å². The molecule has 2 aromatic rings. The van der Waals surface area contributed by atoms with Crippen molar-refractivity contribution in [2.75, 3.05) is 24.7 Å². The van der Waals surface area contributed by atoms with Crippen LogP contribution >= 0.6 is 22.9 Å². The molecule has 1 saturated heterocycles. The number of aromatic nitrogens is 2. The highest BCUT2D eigenvalue weighted by Gasteiger charge is 2.23. The lowest BCUT2D eigenvalue weighted by Crippen LogP contribution is -2.44. The van der Waals surface area contributed by atoms with E-state index in [0.29, 0.717) is 11.3 Å². The first-order valence-corrected chi connectivity index (χ1v) is 6.76. The van der Waals surface area contributed by atoms with E-state index in [0.717, 1.165) is 35.8 Å². The minimum Gasteiger partial charge on any atom is -0.377 e. The number of hydrogen-bond donors (Lipinski definition) is 0. The average molecular weight is 270 g/mol. The molecule has 17 heavy (non-hydrogen) atoms. The van der Waals surface area contributed by atoms with Gasteiger partial charge in [-0.1, -0.05) is 0 Å². The lowest BCUT2D eigenvalue weighted by molar-refractivity contribution is 0.0987. The van der Waals surface area contributed by atoms with Gasteiger partial charge in [-0.3, -0.25) is 0 Å². The number of hydrogen-bond acceptors (Lipinski definition) is 5. The normalized spacial score (nSPS) is 21.1. The zero-order chi connectivity index (χ0) is 11.8. The van der Waals surface area contributed by atoms with Gasteiger partial charge in [-0.15, -0.1) is 11.3 Å². The third-order valence-electron chi connectivity index (χ3n) is 2.92. The highest BCUT2D eigenvalue weighted by Crippen LogP contribution is 2.30. The van der Waals surface area contributed by atoms with Gasteiger partial charge in [-0.05, 0) is 30.0 Å². The molecule has 0 spiro atoms. The second kappa shape index (κ2) is 4.40. The van der Waals surface area contributed by atoms with Crippen molar-refractivity contribution in [1.82, 2.24) is 9.97 Å². The van der Waals surface area contributed by atoms with E-state index in [2.05, 4.69) is 21.8 Å². The van der Waals surface area contributed by atoms with Crippen molar-refractivity contribution in [1.29, 1.82) is 0 Å². The Hall–Kier alpha value is -0.910. The van der Waals surface area contributed by atoms with E-state index < -0.39 is 0 Å². The summed E-state index contributed by atoms with van der Waals surface area (Å²) in [6, 6.07) is 2.37. The quantitative estimate of drug-likeness (QED) is 0.746. The molecular formula is C11H12ClN3OS. The maximum atomic E-state index is 5.97. The molecule has 0 aliphatic carbocycles. The van der Waals surface area contributed by atoms with Gasteiger partial charge in [0.25, 0.3) is 0 Å². The number of ether oxygens (including phenoxy) is 1. The van der Waals surface area contributed by atoms with Crippen LogP contribution in [0, 0.1) is 0 Å². The van der Waals surface area contributed by atoms with Crippen LogP contribution < -0.4 is 4.90 Å². The summed E-state index contributed by atoms with van der Waals surface area (Å²) in [5.74, 6) is 0.928. The third-order valence-corrected chi connectivity index (χ3v) is 3.89. The average Bonchev–Trinajstić information content (AvgIpc) is 2.76. The molecule has 1 fully saturated rings. The Morgan fingerprint density at radius 1 is 1.53 bits per heavy atom. The summed E-state index contributed by atoms with van der Waals surface area (Å²) >= 11 is 7.56. The number of rotatable bonds is 1. The molecule has 0 amide bonds. The first kappa shape index (κ1) is 11.2. The molecule has 1 aliphatic heterocycles. The van der Waals surface area contributed by atoms with Crippen molar-refractivity contribution in [3.05, 3.63) is 16.7 Å². The Kier molecular flexibility index (Phi) is 2.90. The first-order valence-electron chi connectivity index (χ1n) is 5.51. The lowest BCUT2D eigenvalue weighted by atomic mass is 10.2. The van der Waals surface area contributed by atoms with Gasteiger partial charge in [0.15, 0.2) is 0 Å². The van der Waals surface area contributed by atoms with Gasteiger partial charge in [-0.25, -0.2) is 4.98 Å². The summed E-state index contributed by atoms with van der Waals surface area (Å²) in [5, 5.41) is 3.41. The molecule has 2 aromatic heterocycles. The van der Waals surface area contributed by atoms with Gasteiger partial charge in [0.05, 0.1) is 24.6 Å². The summed E-state index contributed by atoms with van der Waals surface area (Å²) in [6.45, 7) is 4.44. The van der Waals surface area contributed by atoms with E-state index in [9.17, 15) is 0 Å². The van der Waals surface area contributed by atoms with Crippen LogP contribution in [-0.4, -0.2) is 35.8 Å². The molecule has 0 radical (unpaired) electrons. The fourth-order valence-corrected chi connectivity index (χ4v) is 3.05. The van der Waals surface area contributed by atoms with Crippen LogP contribution in [0.1, 0.15) is 6.92 Å². The number of thiophene rings is 1. The van der Waals surface area contributed by atoms with Crippen LogP contribution in [-0.2, 0) is 4.74 Å². The van der Waals surface area contributed by atoms with Gasteiger partial charge in [0, 0.05) is 6.54 Å². The minimum atomic E-state index is 0.314. The van der Waals surface area contributed by atoms with Crippen molar-refractivity contribution in [3.63, 3.8) is 0 Å². The zero-order valence-electron chi connectivity index (χ0n) is 9.39. The summed E-state index contributed by atoms with van der Waals surface area (Å²) in [6.07, 6.45) is 0. The summed E-state index contributed by atoms with van der Waals surface area (Å²) < 4.78 is 5.44. The lowest BCUT2D eigenvalue weighted by Gasteiger charge is -2.34. The first-order chi connectivity index (χ1) is 8.25. The van der Waals surface area contributed by atoms with E-state index in [4.69, 9.17) is 16.3 Å². The zero-order valence-corrected chi connectivity index (χ0v) is 11.0. The highest BCUT2D eigenvalue weighted by atomic mass is 35.5. The number of halogens is 1. The molecule has 3 rings (SSSR count). The van der Waals surface area contributed by atoms with E-state index in [1.807, 2.05) is 11.4 Å². The number of morpholine rings is 1. The Morgan fingerprint density at radius 2 is 2.41 bits per heavy atom. The second-order valence-electron chi connectivity index (χ2n) is 4.07. The molecule has 0 saturated carbocycles. The van der Waals surface area contributed by atoms with Crippen molar-refractivity contribution < 1.29 is 4.74 Å². The summed E-state index contributed by atoms with van der Waals surface area (Å²) in [7, 11) is 0. The number of fused-ring (bicyclic) bond motifs is 1. The molecule has 3 heterocycles. The Morgan fingerprint density at radius 3 is 3.24 bits per heavy atom. The van der Waals surface area contributed by atoms with Crippen LogP contribution in [0.25, 0.3) is 10.2 Å². The minimum absolute atomic E-state index is 0.314. The molecule has 0 bridgehead atoms. The van der Waals surface area contributed by atoms with Crippen molar-refractivity contribution in [2.45, 2.75) is 13.0 Å². The molecule has 90 valence electrons. The van der Waals surface area contributed by atoms with Crippen molar-refractivity contribution >= 4 is 39.0 Å². The molecule has 0 aromatic carbocycles. The second-order valence-corrected chi connectivity index (χ2v) is 5.31. The van der Waals surface area contributed by atoms with Crippen LogP contribution in [0.5, 0.6) is 0 Å². The molecular weight excluding hydrogens is 258 g/mol. The summed E-state index contributed by atoms with van der Waals surface area (Å²) in [5.41, 5.74) is 0. The fourth-order valence-electron chi connectivity index (χ4n) is 2.08. The number of nitrogens with zero attached hydrogens (tertiary/aromatic N) is 3. The van der Waals surface area contributed by atoms with Gasteiger partial charge < -0.3 is 9.64 Å². The predicted octanol–water partition coefficient (Wildman–Crippen LogP) is 2.57. The Bertz CT molecular complexity index is 544. The molecule has 1 unspecified atom stereocenters. The van der Waals surface area contributed by atoms with Gasteiger partial charge in [0.2, 0.25) is 5.28 Å². The summed E-state index contributed by atoms with van der Waals surface area (Å²) in [4.78, 5) is 11.8. The van der Waals surface area contributed by atoms with Crippen LogP contribution in [0.2, 0.25) is 5.28 Å². The smallest absolute Gasteiger partial charge is 0.225 e. The van der Waals surface area contributed by atoms with E-state index in [-0.39, 0.29) is 0 Å². The highest BCUT2D eigenvalue weighted by molar-refractivity contribution is 7.16. The maximum Gasteiger partial charge on any atom is 0.225 e. The van der Waals surface area contributed by atoms with Crippen LogP contribution in [0.3, 0.4) is 0 Å². The standard InChI is InChI=1S/C11H12ClN3OS/c1-7-6-16-4-3-15(7)9-8-2-5-17-10(8)14-11(12)13-9/h2,5,7H,3-4,6H2,1H3. The van der Waals surface area contributed by atoms with Crippen LogP contribution in [0.4, 0.5) is 5.82 Å². The third kappa shape index (κ3) is 1.99. The number of anilines is 1. The van der Waals surface area contributed by atoms with Crippen LogP contribution in [0.15, 0.2) is 11.4 Å². The fraction of sp³-hybridized carbons (Fsp3) is 0.455. The largest absolute Gasteiger partial charge is 0.377 e. The Labute approximate surface area is 108 Å². The molecule has 6 heteroatoms. The SMILES string of the molecule is CC1COCCN1c1nc(Cl)nc2sccc12. The Balaban J connectivity index is 2.11. The monoisotopic (exact) mass is 269 g/mol. The molecule has 1 aliphatic rings. The van der Waals surface area contributed by atoms with Crippen molar-refractivity contribution in [2.24, 2.45) is 0 Å². The molecule has 1 atom stereocenters. The maximum absolute atomic E-state index is 5.97. The molecule has 0 N–H and O–H groups in total. The molecule has 4 nitrogen and oxygen atoms in total. The van der Waals surface area contributed by atoms with E-state index in [1.54, 1.807) is 11.3 Å². The van der Waals surface area contributed by atoms with Crippen molar-refractivity contribution in [3.8, 4) is 0 Å². The van der Waals surface area contributed by atoms with Gasteiger partial charge >= 0.3 is 0 Å². The van der Waals surface area contributed by atoms with Gasteiger partial charge in [0.1, 0.15) is 10.6 Å². The topological polar surface area (TPSA) is 38.2 Å². The van der Waals surface area contributed by atoms with E-state index >= 15 is 0 Å².